The predicted molar refractivity (Wildman–Crippen MR) is 64.2 cm³/mol. The molecule has 0 bridgehead atoms. The molecule has 4 nitrogen and oxygen atoms in total. The summed E-state index contributed by atoms with van der Waals surface area (Å²) in [5.41, 5.74) is 0. The van der Waals surface area contributed by atoms with Crippen molar-refractivity contribution >= 4 is 0 Å². The number of nitrogens with zero attached hydrogens (tertiary/aromatic N) is 2. The molecule has 4 heteroatoms. The van der Waals surface area contributed by atoms with Crippen molar-refractivity contribution in [3.8, 4) is 0 Å². The van der Waals surface area contributed by atoms with Crippen LogP contribution >= 0.6 is 0 Å². The zero-order valence-electron chi connectivity index (χ0n) is 10.3. The maximum Gasteiger partial charge on any atom is 0.167 e. The molecule has 0 spiro atoms. The number of aromatic amines is 1. The van der Waals surface area contributed by atoms with Crippen LogP contribution in [-0.2, 0) is 6.42 Å². The third kappa shape index (κ3) is 2.82. The minimum atomic E-state index is 0.264. The van der Waals surface area contributed by atoms with Crippen LogP contribution in [0.2, 0.25) is 0 Å². The van der Waals surface area contributed by atoms with E-state index in [9.17, 15) is 0 Å². The largest absolute Gasteiger partial charge is 0.305 e. The van der Waals surface area contributed by atoms with Gasteiger partial charge in [0, 0.05) is 12.5 Å². The Kier molecular flexibility index (Phi) is 3.93. The van der Waals surface area contributed by atoms with Gasteiger partial charge in [-0.25, -0.2) is 4.98 Å². The van der Waals surface area contributed by atoms with Gasteiger partial charge < -0.3 is 5.32 Å². The zero-order chi connectivity index (χ0) is 11.4. The maximum absolute atomic E-state index is 4.46. The summed E-state index contributed by atoms with van der Waals surface area (Å²) in [6, 6.07) is 0.923. The second kappa shape index (κ2) is 5.43. The van der Waals surface area contributed by atoms with Gasteiger partial charge in [-0.3, -0.25) is 5.10 Å². The minimum Gasteiger partial charge on any atom is -0.305 e. The Hall–Kier alpha value is -0.900. The molecule has 1 atom stereocenters. The Bertz CT molecular complexity index is 315. The number of rotatable bonds is 4. The highest BCUT2D eigenvalue weighted by Crippen LogP contribution is 2.20. The minimum absolute atomic E-state index is 0.264. The van der Waals surface area contributed by atoms with Gasteiger partial charge in [0.25, 0.3) is 0 Å². The van der Waals surface area contributed by atoms with Crippen LogP contribution in [-0.4, -0.2) is 21.2 Å². The third-order valence-electron chi connectivity index (χ3n) is 3.36. The molecule has 2 N–H and O–H groups in total. The highest BCUT2D eigenvalue weighted by Gasteiger charge is 2.18. The second-order valence-corrected chi connectivity index (χ2v) is 4.72. The first-order chi connectivity index (χ1) is 7.79. The van der Waals surface area contributed by atoms with Gasteiger partial charge >= 0.3 is 0 Å². The van der Waals surface area contributed by atoms with Crippen molar-refractivity contribution in [2.75, 3.05) is 0 Å². The van der Waals surface area contributed by atoms with E-state index in [2.05, 4.69) is 34.3 Å². The lowest BCUT2D eigenvalue weighted by molar-refractivity contribution is 0.342. The first-order valence-corrected chi connectivity index (χ1v) is 6.46. The van der Waals surface area contributed by atoms with Gasteiger partial charge in [0.15, 0.2) is 5.82 Å². The topological polar surface area (TPSA) is 53.6 Å². The first-order valence-electron chi connectivity index (χ1n) is 6.46. The number of hydrogen-bond acceptors (Lipinski definition) is 3. The fraction of sp³-hybridized carbons (Fsp3) is 0.833. The fourth-order valence-corrected chi connectivity index (χ4v) is 2.36. The molecule has 90 valence electrons. The second-order valence-electron chi connectivity index (χ2n) is 4.72. The summed E-state index contributed by atoms with van der Waals surface area (Å²) in [6.07, 6.45) is 7.64. The van der Waals surface area contributed by atoms with Crippen LogP contribution in [0.1, 0.15) is 63.6 Å². The molecular weight excluding hydrogens is 200 g/mol. The zero-order valence-corrected chi connectivity index (χ0v) is 10.3. The number of nitrogens with one attached hydrogen (secondary N) is 2. The van der Waals surface area contributed by atoms with Crippen molar-refractivity contribution in [2.45, 2.75) is 64.5 Å². The highest BCUT2D eigenvalue weighted by atomic mass is 15.2. The molecule has 1 aliphatic carbocycles. The summed E-state index contributed by atoms with van der Waals surface area (Å²) in [7, 11) is 0. The average Bonchev–Trinajstić information content (AvgIpc) is 2.79. The SMILES string of the molecule is CCc1nc(C(C)NC2CCCCC2)n[nH]1. The molecule has 16 heavy (non-hydrogen) atoms. The summed E-state index contributed by atoms with van der Waals surface area (Å²) in [5, 5.41) is 10.9. The van der Waals surface area contributed by atoms with Crippen LogP contribution < -0.4 is 5.32 Å². The normalized spacial score (nSPS) is 19.9. The smallest absolute Gasteiger partial charge is 0.167 e. The molecule has 2 rings (SSSR count). The molecule has 1 saturated carbocycles. The van der Waals surface area contributed by atoms with Crippen LogP contribution in [0.15, 0.2) is 0 Å². The Labute approximate surface area is 97.2 Å². The van der Waals surface area contributed by atoms with Crippen molar-refractivity contribution in [3.63, 3.8) is 0 Å². The molecule has 0 saturated heterocycles. The first kappa shape index (κ1) is 11.6. The molecular formula is C12H22N4. The van der Waals surface area contributed by atoms with E-state index in [-0.39, 0.29) is 6.04 Å². The quantitative estimate of drug-likeness (QED) is 0.822. The maximum atomic E-state index is 4.46. The summed E-state index contributed by atoms with van der Waals surface area (Å²) in [6.45, 7) is 4.24. The van der Waals surface area contributed by atoms with Crippen molar-refractivity contribution in [1.29, 1.82) is 0 Å². The Balaban J connectivity index is 1.88. The van der Waals surface area contributed by atoms with E-state index in [1.54, 1.807) is 0 Å². The predicted octanol–water partition coefficient (Wildman–Crippen LogP) is 2.35. The van der Waals surface area contributed by atoms with Crippen molar-refractivity contribution < 1.29 is 0 Å². The Morgan fingerprint density at radius 2 is 2.12 bits per heavy atom. The molecule has 1 aromatic heterocycles. The number of hydrogen-bond donors (Lipinski definition) is 2. The summed E-state index contributed by atoms with van der Waals surface area (Å²) in [5.74, 6) is 1.88. The van der Waals surface area contributed by atoms with E-state index < -0.39 is 0 Å². The van der Waals surface area contributed by atoms with E-state index in [1.165, 1.54) is 32.1 Å². The monoisotopic (exact) mass is 222 g/mol. The van der Waals surface area contributed by atoms with Gasteiger partial charge in [0.1, 0.15) is 5.82 Å². The van der Waals surface area contributed by atoms with Crippen LogP contribution in [0.3, 0.4) is 0 Å². The van der Waals surface area contributed by atoms with Gasteiger partial charge in [0.2, 0.25) is 0 Å². The number of aromatic nitrogens is 3. The molecule has 0 radical (unpaired) electrons. The molecule has 1 unspecified atom stereocenters. The molecule has 0 aromatic carbocycles. The Morgan fingerprint density at radius 1 is 1.38 bits per heavy atom. The summed E-state index contributed by atoms with van der Waals surface area (Å²) >= 11 is 0. The summed E-state index contributed by atoms with van der Waals surface area (Å²) < 4.78 is 0. The molecule has 1 heterocycles. The Morgan fingerprint density at radius 3 is 2.75 bits per heavy atom. The van der Waals surface area contributed by atoms with E-state index in [0.717, 1.165) is 18.1 Å². The van der Waals surface area contributed by atoms with Gasteiger partial charge in [-0.15, -0.1) is 0 Å². The fourth-order valence-electron chi connectivity index (χ4n) is 2.36. The molecule has 0 amide bonds. The summed E-state index contributed by atoms with van der Waals surface area (Å²) in [4.78, 5) is 4.46. The number of aryl methyl sites for hydroxylation is 1. The van der Waals surface area contributed by atoms with Gasteiger partial charge in [-0.2, -0.15) is 5.10 Å². The van der Waals surface area contributed by atoms with Gasteiger partial charge in [0.05, 0.1) is 6.04 Å². The standard InChI is InChI=1S/C12H22N4/c1-3-11-14-12(16-15-11)9(2)13-10-7-5-4-6-8-10/h9-10,13H,3-8H2,1-2H3,(H,14,15,16). The molecule has 1 aliphatic rings. The van der Waals surface area contributed by atoms with Crippen LogP contribution in [0.25, 0.3) is 0 Å². The lowest BCUT2D eigenvalue weighted by atomic mass is 9.95. The lowest BCUT2D eigenvalue weighted by Gasteiger charge is -2.25. The average molecular weight is 222 g/mol. The van der Waals surface area contributed by atoms with E-state index in [1.807, 2.05) is 0 Å². The van der Waals surface area contributed by atoms with E-state index in [0.29, 0.717) is 6.04 Å². The van der Waals surface area contributed by atoms with Crippen molar-refractivity contribution in [2.24, 2.45) is 0 Å². The van der Waals surface area contributed by atoms with E-state index >= 15 is 0 Å². The van der Waals surface area contributed by atoms with Crippen molar-refractivity contribution in [1.82, 2.24) is 20.5 Å². The van der Waals surface area contributed by atoms with Crippen LogP contribution in [0, 0.1) is 0 Å². The molecule has 1 aromatic rings. The third-order valence-corrected chi connectivity index (χ3v) is 3.36. The highest BCUT2D eigenvalue weighted by molar-refractivity contribution is 4.96. The number of H-pyrrole nitrogens is 1. The van der Waals surface area contributed by atoms with Crippen LogP contribution in [0.4, 0.5) is 0 Å². The molecule has 0 aliphatic heterocycles. The van der Waals surface area contributed by atoms with Gasteiger partial charge in [-0.05, 0) is 19.8 Å². The van der Waals surface area contributed by atoms with Crippen molar-refractivity contribution in [3.05, 3.63) is 11.6 Å². The molecule has 1 fully saturated rings. The van der Waals surface area contributed by atoms with E-state index in [4.69, 9.17) is 0 Å². The van der Waals surface area contributed by atoms with Gasteiger partial charge in [-0.1, -0.05) is 26.2 Å². The van der Waals surface area contributed by atoms with Crippen LogP contribution in [0.5, 0.6) is 0 Å². The lowest BCUT2D eigenvalue weighted by Crippen LogP contribution is -2.33.